The van der Waals surface area contributed by atoms with Crippen LogP contribution in [0.1, 0.15) is 119 Å². The van der Waals surface area contributed by atoms with Gasteiger partial charge in [0.05, 0.1) is 11.5 Å². The van der Waals surface area contributed by atoms with Crippen LogP contribution in [0.5, 0.6) is 0 Å². The molecule has 2 heteroatoms. The first-order chi connectivity index (χ1) is 14.9. The summed E-state index contributed by atoms with van der Waals surface area (Å²) in [6.45, 7) is 16.7. The highest BCUT2D eigenvalue weighted by Gasteiger charge is 2.65. The molecule has 0 spiro atoms. The molecular formula is C30H50O2. The van der Waals surface area contributed by atoms with Gasteiger partial charge in [-0.3, -0.25) is 0 Å². The number of fused-ring (bicyclic) bond motifs is 4. The monoisotopic (exact) mass is 442 g/mol. The normalized spacial score (nSPS) is 44.1. The van der Waals surface area contributed by atoms with Crippen molar-refractivity contribution in [3.8, 4) is 0 Å². The number of aliphatic hydroxyl groups excluding tert-OH is 1. The van der Waals surface area contributed by atoms with Gasteiger partial charge in [0.2, 0.25) is 0 Å². The maximum Gasteiger partial charge on any atom is 0.130 e. The Balaban J connectivity index is 1.67. The van der Waals surface area contributed by atoms with Crippen molar-refractivity contribution >= 4 is 6.29 Å². The van der Waals surface area contributed by atoms with Gasteiger partial charge in [-0.1, -0.05) is 78.9 Å². The lowest BCUT2D eigenvalue weighted by Crippen LogP contribution is -2.55. The second-order valence-electron chi connectivity index (χ2n) is 13.8. The van der Waals surface area contributed by atoms with Crippen molar-refractivity contribution in [1.82, 2.24) is 0 Å². The van der Waals surface area contributed by atoms with E-state index in [0.29, 0.717) is 17.8 Å². The molecule has 4 aliphatic carbocycles. The average Bonchev–Trinajstić information content (AvgIpc) is 3.04. The van der Waals surface area contributed by atoms with Gasteiger partial charge in [-0.05, 0) is 91.3 Å². The second kappa shape index (κ2) is 8.24. The Hall–Kier alpha value is -0.630. The molecule has 32 heavy (non-hydrogen) atoms. The molecule has 182 valence electrons. The first kappa shape index (κ1) is 24.5. The number of carbonyl (C=O) groups is 1. The zero-order valence-electron chi connectivity index (χ0n) is 22.1. The van der Waals surface area contributed by atoms with Crippen LogP contribution >= 0.6 is 0 Å². The molecule has 0 radical (unpaired) electrons. The summed E-state index contributed by atoms with van der Waals surface area (Å²) < 4.78 is 0. The van der Waals surface area contributed by atoms with E-state index in [1.165, 1.54) is 44.8 Å². The van der Waals surface area contributed by atoms with Crippen LogP contribution in [0, 0.1) is 45.3 Å². The van der Waals surface area contributed by atoms with E-state index in [1.807, 2.05) is 0 Å². The molecule has 2 fully saturated rings. The summed E-state index contributed by atoms with van der Waals surface area (Å²) >= 11 is 0. The third-order valence-corrected chi connectivity index (χ3v) is 11.6. The van der Waals surface area contributed by atoms with Gasteiger partial charge >= 0.3 is 0 Å². The number of rotatable bonds is 6. The molecule has 0 aliphatic heterocycles. The lowest BCUT2D eigenvalue weighted by Gasteiger charge is -2.61. The fraction of sp³-hybridized carbons (Fsp3) is 0.900. The van der Waals surface area contributed by atoms with E-state index in [2.05, 4.69) is 48.5 Å². The van der Waals surface area contributed by atoms with Crippen molar-refractivity contribution in [2.45, 2.75) is 125 Å². The molecular weight excluding hydrogens is 392 g/mol. The van der Waals surface area contributed by atoms with Crippen LogP contribution in [0.25, 0.3) is 0 Å². The van der Waals surface area contributed by atoms with Crippen LogP contribution in [-0.2, 0) is 4.79 Å². The van der Waals surface area contributed by atoms with Gasteiger partial charge in [0.25, 0.3) is 0 Å². The standard InChI is InChI=1S/C30H50O2/c1-20(2)9-8-10-21(3)22-14-18-30(19-31)24-11-12-25-27(4,5)26(32)15-16-28(25,6)23(24)13-17-29(22,30)7/h19-22,25-26,32H,8-18H2,1-7H3/t21-,22-,25+,26+,28-,29-,30-/m1/s1. The van der Waals surface area contributed by atoms with E-state index in [4.69, 9.17) is 0 Å². The van der Waals surface area contributed by atoms with Crippen LogP contribution in [-0.4, -0.2) is 17.5 Å². The van der Waals surface area contributed by atoms with Gasteiger partial charge in [0.1, 0.15) is 6.29 Å². The quantitative estimate of drug-likeness (QED) is 0.337. The maximum atomic E-state index is 13.1. The molecule has 1 N–H and O–H groups in total. The predicted molar refractivity (Wildman–Crippen MR) is 133 cm³/mol. The highest BCUT2D eigenvalue weighted by molar-refractivity contribution is 5.70. The second-order valence-corrected chi connectivity index (χ2v) is 13.8. The number of hydrogen-bond donors (Lipinski definition) is 1. The molecule has 0 heterocycles. The van der Waals surface area contributed by atoms with Gasteiger partial charge < -0.3 is 9.90 Å². The van der Waals surface area contributed by atoms with Gasteiger partial charge in [-0.25, -0.2) is 0 Å². The highest BCUT2D eigenvalue weighted by Crippen LogP contribution is 2.72. The molecule has 4 aliphatic rings. The Kier molecular flexibility index (Phi) is 6.31. The smallest absolute Gasteiger partial charge is 0.130 e. The lowest BCUT2D eigenvalue weighted by atomic mass is 9.43. The molecule has 0 bridgehead atoms. The van der Waals surface area contributed by atoms with Crippen LogP contribution in [0.4, 0.5) is 0 Å². The van der Waals surface area contributed by atoms with Gasteiger partial charge in [0, 0.05) is 0 Å². The molecule has 0 aromatic carbocycles. The average molecular weight is 443 g/mol. The summed E-state index contributed by atoms with van der Waals surface area (Å²) in [6.07, 6.45) is 14.0. The van der Waals surface area contributed by atoms with Crippen molar-refractivity contribution in [2.75, 3.05) is 0 Å². The summed E-state index contributed by atoms with van der Waals surface area (Å²) in [6, 6.07) is 0. The first-order valence-corrected chi connectivity index (χ1v) is 13.8. The fourth-order valence-corrected chi connectivity index (χ4v) is 9.63. The van der Waals surface area contributed by atoms with Crippen LogP contribution < -0.4 is 0 Å². The molecule has 0 amide bonds. The number of allylic oxidation sites excluding steroid dienone is 2. The largest absolute Gasteiger partial charge is 0.393 e. The van der Waals surface area contributed by atoms with E-state index < -0.39 is 0 Å². The predicted octanol–water partition coefficient (Wildman–Crippen LogP) is 7.74. The van der Waals surface area contributed by atoms with E-state index in [-0.39, 0.29) is 27.8 Å². The Morgan fingerprint density at radius 1 is 0.938 bits per heavy atom. The van der Waals surface area contributed by atoms with E-state index in [9.17, 15) is 9.90 Å². The minimum atomic E-state index is -0.230. The first-order valence-electron chi connectivity index (χ1n) is 13.8. The highest BCUT2D eigenvalue weighted by atomic mass is 16.3. The third-order valence-electron chi connectivity index (χ3n) is 11.6. The van der Waals surface area contributed by atoms with E-state index in [1.54, 1.807) is 11.1 Å². The lowest BCUT2D eigenvalue weighted by molar-refractivity contribution is -0.125. The molecule has 0 saturated heterocycles. The van der Waals surface area contributed by atoms with Crippen LogP contribution in [0.15, 0.2) is 11.1 Å². The molecule has 7 atom stereocenters. The summed E-state index contributed by atoms with van der Waals surface area (Å²) in [7, 11) is 0. The summed E-state index contributed by atoms with van der Waals surface area (Å²) in [5.41, 5.74) is 3.22. The Morgan fingerprint density at radius 3 is 2.31 bits per heavy atom. The SMILES string of the molecule is CC(C)CCC[C@@H](C)[C@H]1CC[C@@]2(C=O)C3=C(CC[C@]12C)[C@@]1(C)CC[C@H](O)C(C)(C)[C@@H]1CC3. The summed E-state index contributed by atoms with van der Waals surface area (Å²) in [5, 5.41) is 10.8. The molecule has 2 nitrogen and oxygen atoms in total. The zero-order valence-corrected chi connectivity index (χ0v) is 22.1. The van der Waals surface area contributed by atoms with Gasteiger partial charge in [-0.2, -0.15) is 0 Å². The topological polar surface area (TPSA) is 37.3 Å². The fourth-order valence-electron chi connectivity index (χ4n) is 9.63. The Bertz CT molecular complexity index is 763. The maximum absolute atomic E-state index is 13.1. The molecule has 0 aromatic heterocycles. The van der Waals surface area contributed by atoms with Crippen molar-refractivity contribution in [3.63, 3.8) is 0 Å². The van der Waals surface area contributed by atoms with Crippen molar-refractivity contribution in [2.24, 2.45) is 45.3 Å². The molecule has 0 unspecified atom stereocenters. The minimum absolute atomic E-state index is 0.0379. The Labute approximate surface area is 198 Å². The zero-order chi connectivity index (χ0) is 23.5. The van der Waals surface area contributed by atoms with E-state index >= 15 is 0 Å². The number of carbonyl (C=O) groups excluding carboxylic acids is 1. The summed E-state index contributed by atoms with van der Waals surface area (Å²) in [5.74, 6) is 2.69. The minimum Gasteiger partial charge on any atom is -0.393 e. The molecule has 4 rings (SSSR count). The van der Waals surface area contributed by atoms with Crippen molar-refractivity contribution in [1.29, 1.82) is 0 Å². The number of aldehydes is 1. The molecule has 0 aromatic rings. The third kappa shape index (κ3) is 3.32. The van der Waals surface area contributed by atoms with E-state index in [0.717, 1.165) is 38.0 Å². The van der Waals surface area contributed by atoms with Gasteiger partial charge in [0.15, 0.2) is 0 Å². The van der Waals surface area contributed by atoms with Crippen LogP contribution in [0.2, 0.25) is 0 Å². The number of hydrogen-bond acceptors (Lipinski definition) is 2. The van der Waals surface area contributed by atoms with Crippen molar-refractivity contribution in [3.05, 3.63) is 11.1 Å². The van der Waals surface area contributed by atoms with Crippen LogP contribution in [0.3, 0.4) is 0 Å². The molecule has 2 saturated carbocycles. The van der Waals surface area contributed by atoms with Gasteiger partial charge in [-0.15, -0.1) is 0 Å². The van der Waals surface area contributed by atoms with Crippen molar-refractivity contribution < 1.29 is 9.90 Å². The summed E-state index contributed by atoms with van der Waals surface area (Å²) in [4.78, 5) is 13.1. The Morgan fingerprint density at radius 2 is 1.66 bits per heavy atom. The number of aliphatic hydroxyl groups is 1.